The van der Waals surface area contributed by atoms with Crippen molar-refractivity contribution in [2.45, 2.75) is 6.92 Å². The summed E-state index contributed by atoms with van der Waals surface area (Å²) in [7, 11) is 0. The lowest BCUT2D eigenvalue weighted by Gasteiger charge is -2.00. The maximum atomic E-state index is 4.75. The van der Waals surface area contributed by atoms with Gasteiger partial charge in [-0.15, -0.1) is 0 Å². The van der Waals surface area contributed by atoms with Crippen molar-refractivity contribution in [2.75, 3.05) is 0 Å². The minimum atomic E-state index is 0.880. The molecule has 2 nitrogen and oxygen atoms in total. The fourth-order valence-electron chi connectivity index (χ4n) is 2.16. The minimum Gasteiger partial charge on any atom is -0.342 e. The van der Waals surface area contributed by atoms with Gasteiger partial charge in [0.2, 0.25) is 0 Å². The molecule has 0 aliphatic heterocycles. The van der Waals surface area contributed by atoms with Crippen molar-refractivity contribution in [2.24, 2.45) is 0 Å². The summed E-state index contributed by atoms with van der Waals surface area (Å²) < 4.78 is 2.09. The molecule has 0 spiro atoms. The van der Waals surface area contributed by atoms with Gasteiger partial charge < -0.3 is 4.98 Å². The summed E-state index contributed by atoms with van der Waals surface area (Å²) in [4.78, 5) is 8.11. The molecule has 1 N–H and O–H groups in total. The SMILES string of the molecule is Cc1[nH]c(-c2ccccc2Br)nc1-c1cccc(Br)c1. The topological polar surface area (TPSA) is 28.7 Å². The van der Waals surface area contributed by atoms with Crippen molar-refractivity contribution in [1.29, 1.82) is 0 Å². The Labute approximate surface area is 134 Å². The maximum Gasteiger partial charge on any atom is 0.139 e. The van der Waals surface area contributed by atoms with E-state index >= 15 is 0 Å². The number of rotatable bonds is 2. The fourth-order valence-corrected chi connectivity index (χ4v) is 3.03. The molecule has 100 valence electrons. The molecule has 0 radical (unpaired) electrons. The molecule has 0 aliphatic carbocycles. The second-order valence-electron chi connectivity index (χ2n) is 4.55. The molecule has 20 heavy (non-hydrogen) atoms. The number of nitrogens with zero attached hydrogens (tertiary/aromatic N) is 1. The Hall–Kier alpha value is -1.39. The lowest BCUT2D eigenvalue weighted by Crippen LogP contribution is -1.82. The Morgan fingerprint density at radius 2 is 1.80 bits per heavy atom. The second kappa shape index (κ2) is 5.54. The van der Waals surface area contributed by atoms with Crippen LogP contribution in [0.3, 0.4) is 0 Å². The summed E-state index contributed by atoms with van der Waals surface area (Å²) in [5.74, 6) is 0.880. The molecule has 0 saturated carbocycles. The predicted molar refractivity (Wildman–Crippen MR) is 89.6 cm³/mol. The molecule has 0 saturated heterocycles. The van der Waals surface area contributed by atoms with Gasteiger partial charge in [-0.05, 0) is 25.1 Å². The summed E-state index contributed by atoms with van der Waals surface area (Å²) in [6, 6.07) is 16.3. The van der Waals surface area contributed by atoms with E-state index in [1.165, 1.54) is 0 Å². The molecule has 0 amide bonds. The molecule has 0 aliphatic rings. The number of hydrogen-bond acceptors (Lipinski definition) is 1. The molecule has 1 heterocycles. The van der Waals surface area contributed by atoms with Crippen LogP contribution in [-0.4, -0.2) is 9.97 Å². The van der Waals surface area contributed by atoms with Gasteiger partial charge in [0, 0.05) is 25.8 Å². The van der Waals surface area contributed by atoms with Gasteiger partial charge in [0.25, 0.3) is 0 Å². The van der Waals surface area contributed by atoms with Gasteiger partial charge in [-0.1, -0.05) is 62.2 Å². The fraction of sp³-hybridized carbons (Fsp3) is 0.0625. The highest BCUT2D eigenvalue weighted by atomic mass is 79.9. The third kappa shape index (κ3) is 2.58. The molecule has 4 heteroatoms. The zero-order valence-corrected chi connectivity index (χ0v) is 14.0. The van der Waals surface area contributed by atoms with Crippen LogP contribution in [0.2, 0.25) is 0 Å². The van der Waals surface area contributed by atoms with E-state index in [-0.39, 0.29) is 0 Å². The van der Waals surface area contributed by atoms with E-state index in [4.69, 9.17) is 4.98 Å². The number of hydrogen-bond donors (Lipinski definition) is 1. The van der Waals surface area contributed by atoms with Gasteiger partial charge in [-0.25, -0.2) is 4.98 Å². The first-order valence-corrected chi connectivity index (χ1v) is 7.81. The summed E-state index contributed by atoms with van der Waals surface area (Å²) in [5, 5.41) is 0. The molecule has 0 atom stereocenters. The van der Waals surface area contributed by atoms with Crippen LogP contribution in [0.5, 0.6) is 0 Å². The molecule has 0 bridgehead atoms. The molecule has 2 aromatic carbocycles. The van der Waals surface area contributed by atoms with Crippen molar-refractivity contribution in [3.63, 3.8) is 0 Å². The normalized spacial score (nSPS) is 10.8. The zero-order chi connectivity index (χ0) is 14.1. The van der Waals surface area contributed by atoms with Gasteiger partial charge in [0.15, 0.2) is 0 Å². The Morgan fingerprint density at radius 1 is 1.00 bits per heavy atom. The van der Waals surface area contributed by atoms with Crippen LogP contribution in [-0.2, 0) is 0 Å². The van der Waals surface area contributed by atoms with E-state index in [0.29, 0.717) is 0 Å². The number of aromatic amines is 1. The highest BCUT2D eigenvalue weighted by Gasteiger charge is 2.12. The Bertz CT molecular complexity index is 763. The number of halogens is 2. The third-order valence-electron chi connectivity index (χ3n) is 3.11. The van der Waals surface area contributed by atoms with Gasteiger partial charge in [0.05, 0.1) is 5.69 Å². The average Bonchev–Trinajstić information content (AvgIpc) is 2.81. The van der Waals surface area contributed by atoms with Crippen molar-refractivity contribution in [1.82, 2.24) is 9.97 Å². The number of aryl methyl sites for hydroxylation is 1. The molecular formula is C16H12Br2N2. The smallest absolute Gasteiger partial charge is 0.139 e. The summed E-state index contributed by atoms with van der Waals surface area (Å²) in [6.45, 7) is 2.05. The van der Waals surface area contributed by atoms with E-state index in [2.05, 4.69) is 49.0 Å². The van der Waals surface area contributed by atoms with E-state index in [9.17, 15) is 0 Å². The van der Waals surface area contributed by atoms with Crippen molar-refractivity contribution in [3.8, 4) is 22.6 Å². The molecule has 1 aromatic heterocycles. The van der Waals surface area contributed by atoms with Gasteiger partial charge >= 0.3 is 0 Å². The quantitative estimate of drug-likeness (QED) is 0.607. The molecule has 3 aromatic rings. The first-order valence-electron chi connectivity index (χ1n) is 6.22. The third-order valence-corrected chi connectivity index (χ3v) is 4.30. The van der Waals surface area contributed by atoms with Crippen molar-refractivity contribution in [3.05, 3.63) is 63.2 Å². The number of imidazole rings is 1. The zero-order valence-electron chi connectivity index (χ0n) is 10.8. The maximum absolute atomic E-state index is 4.75. The van der Waals surface area contributed by atoms with Crippen LogP contribution in [0.4, 0.5) is 0 Å². The highest BCUT2D eigenvalue weighted by Crippen LogP contribution is 2.30. The van der Waals surface area contributed by atoms with Crippen LogP contribution in [0.15, 0.2) is 57.5 Å². The van der Waals surface area contributed by atoms with E-state index in [1.54, 1.807) is 0 Å². The van der Waals surface area contributed by atoms with Crippen LogP contribution < -0.4 is 0 Å². The number of H-pyrrole nitrogens is 1. The van der Waals surface area contributed by atoms with E-state index in [0.717, 1.165) is 37.3 Å². The van der Waals surface area contributed by atoms with Crippen molar-refractivity contribution >= 4 is 31.9 Å². The molecule has 3 rings (SSSR count). The van der Waals surface area contributed by atoms with Gasteiger partial charge in [0.1, 0.15) is 5.82 Å². The number of aromatic nitrogens is 2. The molecular weight excluding hydrogens is 380 g/mol. The van der Waals surface area contributed by atoms with Crippen LogP contribution in [0.1, 0.15) is 5.69 Å². The first kappa shape index (κ1) is 13.6. The van der Waals surface area contributed by atoms with Crippen LogP contribution >= 0.6 is 31.9 Å². The lowest BCUT2D eigenvalue weighted by molar-refractivity contribution is 1.25. The van der Waals surface area contributed by atoms with Crippen LogP contribution in [0, 0.1) is 6.92 Å². The van der Waals surface area contributed by atoms with E-state index < -0.39 is 0 Å². The average molecular weight is 392 g/mol. The Kier molecular flexibility index (Phi) is 3.76. The Balaban J connectivity index is 2.10. The highest BCUT2D eigenvalue weighted by molar-refractivity contribution is 9.10. The second-order valence-corrected chi connectivity index (χ2v) is 6.32. The first-order chi connectivity index (χ1) is 9.65. The lowest BCUT2D eigenvalue weighted by atomic mass is 10.1. The predicted octanol–water partition coefficient (Wildman–Crippen LogP) is 5.58. The van der Waals surface area contributed by atoms with Crippen LogP contribution in [0.25, 0.3) is 22.6 Å². The van der Waals surface area contributed by atoms with Gasteiger partial charge in [-0.2, -0.15) is 0 Å². The summed E-state index contributed by atoms with van der Waals surface area (Å²) >= 11 is 7.07. The summed E-state index contributed by atoms with van der Waals surface area (Å²) in [6.07, 6.45) is 0. The van der Waals surface area contributed by atoms with Crippen molar-refractivity contribution < 1.29 is 0 Å². The van der Waals surface area contributed by atoms with E-state index in [1.807, 2.05) is 43.3 Å². The largest absolute Gasteiger partial charge is 0.342 e. The molecule has 0 fully saturated rings. The monoisotopic (exact) mass is 390 g/mol. The van der Waals surface area contributed by atoms with Gasteiger partial charge in [-0.3, -0.25) is 0 Å². The Morgan fingerprint density at radius 3 is 2.55 bits per heavy atom. The standard InChI is InChI=1S/C16H12Br2N2/c1-10-15(11-5-4-6-12(17)9-11)20-16(19-10)13-7-2-3-8-14(13)18/h2-9H,1H3,(H,19,20). The minimum absolute atomic E-state index is 0.880. The molecule has 0 unspecified atom stereocenters. The number of nitrogens with one attached hydrogen (secondary N) is 1. The number of benzene rings is 2. The summed E-state index contributed by atoms with van der Waals surface area (Å²) in [5.41, 5.74) is 4.22.